The molecule has 1 aliphatic carbocycles. The zero-order chi connectivity index (χ0) is 14.5. The SMILES string of the molecule is CC(C)(C)c1nc(C2C(N)=NC(=O)N2CC2CC2)cs1. The fourth-order valence-corrected chi connectivity index (χ4v) is 3.26. The number of carbonyl (C=O) groups excluding carboxylic acids is 1. The summed E-state index contributed by atoms with van der Waals surface area (Å²) in [7, 11) is 0. The number of nitrogens with two attached hydrogens (primary N) is 1. The van der Waals surface area contributed by atoms with E-state index < -0.39 is 0 Å². The molecule has 5 nitrogen and oxygen atoms in total. The van der Waals surface area contributed by atoms with Gasteiger partial charge >= 0.3 is 6.03 Å². The third kappa shape index (κ3) is 2.44. The molecule has 3 rings (SSSR count). The lowest BCUT2D eigenvalue weighted by Crippen LogP contribution is -2.35. The molecule has 0 bridgehead atoms. The first-order valence-corrected chi connectivity index (χ1v) is 7.85. The van der Waals surface area contributed by atoms with E-state index in [1.807, 2.05) is 5.38 Å². The first kappa shape index (κ1) is 13.5. The van der Waals surface area contributed by atoms with Gasteiger partial charge in [-0.15, -0.1) is 11.3 Å². The van der Waals surface area contributed by atoms with Crippen molar-refractivity contribution in [2.24, 2.45) is 16.6 Å². The molecule has 0 aromatic carbocycles. The van der Waals surface area contributed by atoms with E-state index >= 15 is 0 Å². The molecule has 1 unspecified atom stereocenters. The second-order valence-electron chi connectivity index (χ2n) is 6.65. The largest absolute Gasteiger partial charge is 0.385 e. The number of hydrogen-bond acceptors (Lipinski definition) is 4. The van der Waals surface area contributed by atoms with Crippen molar-refractivity contribution in [3.63, 3.8) is 0 Å². The summed E-state index contributed by atoms with van der Waals surface area (Å²) in [6.45, 7) is 7.15. The number of carbonyl (C=O) groups is 1. The Morgan fingerprint density at radius 2 is 2.15 bits per heavy atom. The number of amides is 2. The van der Waals surface area contributed by atoms with Crippen LogP contribution in [0.25, 0.3) is 0 Å². The minimum Gasteiger partial charge on any atom is -0.385 e. The monoisotopic (exact) mass is 292 g/mol. The van der Waals surface area contributed by atoms with Crippen LogP contribution < -0.4 is 5.73 Å². The number of aliphatic imine (C=N–C) groups is 1. The maximum atomic E-state index is 12.0. The van der Waals surface area contributed by atoms with Gasteiger partial charge < -0.3 is 10.6 Å². The molecule has 0 radical (unpaired) electrons. The fourth-order valence-electron chi connectivity index (χ4n) is 2.34. The van der Waals surface area contributed by atoms with Crippen LogP contribution in [0.5, 0.6) is 0 Å². The minimum absolute atomic E-state index is 0.0127. The number of rotatable bonds is 3. The van der Waals surface area contributed by atoms with E-state index in [0.717, 1.165) is 17.2 Å². The van der Waals surface area contributed by atoms with Gasteiger partial charge in [-0.3, -0.25) is 0 Å². The van der Waals surface area contributed by atoms with Gasteiger partial charge in [0.1, 0.15) is 11.9 Å². The molecule has 1 atom stereocenters. The van der Waals surface area contributed by atoms with Gasteiger partial charge in [0, 0.05) is 17.3 Å². The van der Waals surface area contributed by atoms with Crippen molar-refractivity contribution in [3.05, 3.63) is 16.1 Å². The van der Waals surface area contributed by atoms with E-state index in [1.54, 1.807) is 16.2 Å². The van der Waals surface area contributed by atoms with Crippen LogP contribution >= 0.6 is 11.3 Å². The first-order chi connectivity index (χ1) is 9.36. The van der Waals surface area contributed by atoms with Crippen LogP contribution in [0, 0.1) is 5.92 Å². The average Bonchev–Trinajstić information content (AvgIpc) is 2.92. The summed E-state index contributed by atoms with van der Waals surface area (Å²) >= 11 is 1.62. The Balaban J connectivity index is 1.88. The quantitative estimate of drug-likeness (QED) is 0.931. The minimum atomic E-state index is -0.268. The standard InChI is InChI=1S/C14H20N4OS/c1-14(2,3)12-16-9(7-20-12)10-11(15)17-13(19)18(10)6-8-4-5-8/h7-8,10H,4-6H2,1-3H3,(H2,15,17,19). The van der Waals surface area contributed by atoms with E-state index in [4.69, 9.17) is 10.7 Å². The van der Waals surface area contributed by atoms with Crippen LogP contribution in [-0.4, -0.2) is 28.3 Å². The van der Waals surface area contributed by atoms with Crippen LogP contribution in [0.3, 0.4) is 0 Å². The van der Waals surface area contributed by atoms with Crippen molar-refractivity contribution < 1.29 is 4.79 Å². The van der Waals surface area contributed by atoms with Gasteiger partial charge in [-0.2, -0.15) is 4.99 Å². The van der Waals surface area contributed by atoms with Crippen molar-refractivity contribution in [1.29, 1.82) is 0 Å². The van der Waals surface area contributed by atoms with Crippen molar-refractivity contribution in [2.75, 3.05) is 6.54 Å². The molecule has 1 aromatic rings. The van der Waals surface area contributed by atoms with Crippen molar-refractivity contribution >= 4 is 23.2 Å². The number of aromatic nitrogens is 1. The maximum absolute atomic E-state index is 12.0. The first-order valence-electron chi connectivity index (χ1n) is 6.97. The Bertz CT molecular complexity index is 568. The van der Waals surface area contributed by atoms with Crippen LogP contribution in [-0.2, 0) is 5.41 Å². The molecule has 2 aliphatic rings. The molecule has 1 aromatic heterocycles. The Hall–Kier alpha value is -1.43. The third-order valence-electron chi connectivity index (χ3n) is 3.66. The fraction of sp³-hybridized carbons (Fsp3) is 0.643. The molecule has 2 N–H and O–H groups in total. The molecule has 6 heteroatoms. The zero-order valence-electron chi connectivity index (χ0n) is 12.1. The molecular weight excluding hydrogens is 272 g/mol. The van der Waals surface area contributed by atoms with Gasteiger partial charge in [-0.25, -0.2) is 9.78 Å². The van der Waals surface area contributed by atoms with E-state index in [0.29, 0.717) is 11.8 Å². The predicted molar refractivity (Wildman–Crippen MR) is 80.0 cm³/mol. The van der Waals surface area contributed by atoms with Gasteiger partial charge in [0.05, 0.1) is 10.7 Å². The number of hydrogen-bond donors (Lipinski definition) is 1. The second-order valence-corrected chi connectivity index (χ2v) is 7.50. The Morgan fingerprint density at radius 3 is 2.70 bits per heavy atom. The molecule has 2 heterocycles. The third-order valence-corrected chi connectivity index (χ3v) is 4.94. The predicted octanol–water partition coefficient (Wildman–Crippen LogP) is 2.68. The summed E-state index contributed by atoms with van der Waals surface area (Å²) < 4.78 is 0. The van der Waals surface area contributed by atoms with Gasteiger partial charge in [-0.1, -0.05) is 20.8 Å². The van der Waals surface area contributed by atoms with E-state index in [2.05, 4.69) is 25.8 Å². The van der Waals surface area contributed by atoms with E-state index in [-0.39, 0.29) is 17.5 Å². The summed E-state index contributed by atoms with van der Waals surface area (Å²) in [6, 6.07) is -0.486. The second kappa shape index (κ2) is 4.55. The van der Waals surface area contributed by atoms with E-state index in [1.165, 1.54) is 12.8 Å². The molecule has 1 aliphatic heterocycles. The Labute approximate surface area is 122 Å². The number of amidine groups is 1. The Kier molecular flexibility index (Phi) is 3.08. The summed E-state index contributed by atoms with van der Waals surface area (Å²) in [5.41, 5.74) is 6.83. The van der Waals surface area contributed by atoms with Crippen molar-refractivity contribution in [1.82, 2.24) is 9.88 Å². The number of nitrogens with zero attached hydrogens (tertiary/aromatic N) is 3. The van der Waals surface area contributed by atoms with Crippen LogP contribution in [0.4, 0.5) is 4.79 Å². The molecule has 20 heavy (non-hydrogen) atoms. The molecule has 1 fully saturated rings. The summed E-state index contributed by atoms with van der Waals surface area (Å²) in [4.78, 5) is 22.4. The molecular formula is C14H20N4OS. The molecule has 2 amide bonds. The molecule has 0 spiro atoms. The Morgan fingerprint density at radius 1 is 1.45 bits per heavy atom. The molecule has 108 valence electrons. The highest BCUT2D eigenvalue weighted by atomic mass is 32.1. The molecule has 1 saturated carbocycles. The normalized spacial score (nSPS) is 23.4. The topological polar surface area (TPSA) is 71.6 Å². The highest BCUT2D eigenvalue weighted by Crippen LogP contribution is 2.36. The van der Waals surface area contributed by atoms with Gasteiger partial charge in [0.2, 0.25) is 0 Å². The highest BCUT2D eigenvalue weighted by molar-refractivity contribution is 7.09. The van der Waals surface area contributed by atoms with Crippen LogP contribution in [0.1, 0.15) is 50.4 Å². The van der Waals surface area contributed by atoms with Crippen LogP contribution in [0.2, 0.25) is 0 Å². The summed E-state index contributed by atoms with van der Waals surface area (Å²) in [6.07, 6.45) is 2.39. The highest BCUT2D eigenvalue weighted by Gasteiger charge is 2.39. The van der Waals surface area contributed by atoms with Crippen molar-refractivity contribution in [2.45, 2.75) is 45.1 Å². The van der Waals surface area contributed by atoms with E-state index in [9.17, 15) is 4.79 Å². The van der Waals surface area contributed by atoms with Crippen LogP contribution in [0.15, 0.2) is 10.4 Å². The number of urea groups is 1. The maximum Gasteiger partial charge on any atom is 0.346 e. The zero-order valence-corrected chi connectivity index (χ0v) is 12.9. The lowest BCUT2D eigenvalue weighted by molar-refractivity contribution is 0.203. The summed E-state index contributed by atoms with van der Waals surface area (Å²) in [5.74, 6) is 0.990. The molecule has 0 saturated heterocycles. The lowest BCUT2D eigenvalue weighted by Gasteiger charge is -2.23. The van der Waals surface area contributed by atoms with Gasteiger partial charge in [0.25, 0.3) is 0 Å². The van der Waals surface area contributed by atoms with Gasteiger partial charge in [-0.05, 0) is 18.8 Å². The number of thiazole rings is 1. The lowest BCUT2D eigenvalue weighted by atomic mass is 9.98. The van der Waals surface area contributed by atoms with Gasteiger partial charge in [0.15, 0.2) is 0 Å². The smallest absolute Gasteiger partial charge is 0.346 e. The summed E-state index contributed by atoms with van der Waals surface area (Å²) in [5, 5.41) is 3.07. The van der Waals surface area contributed by atoms with Crippen molar-refractivity contribution in [3.8, 4) is 0 Å². The average molecular weight is 292 g/mol.